The standard InChI is InChI=1S/C17H25ClN2O3/c1-11-5-3-4-6-15(11)23-8-7-20-17(21)12-9-13(18)14(19)10-16(12)22-2/h9-11,15H,3-8,19H2,1-2H3,(H,20,21). The Hall–Kier alpha value is -1.46. The molecule has 2 rings (SSSR count). The lowest BCUT2D eigenvalue weighted by molar-refractivity contribution is -0.00294. The summed E-state index contributed by atoms with van der Waals surface area (Å²) in [6.07, 6.45) is 5.15. The van der Waals surface area contributed by atoms with Gasteiger partial charge in [0.05, 0.1) is 36.1 Å². The molecule has 128 valence electrons. The first-order chi connectivity index (χ1) is 11.0. The van der Waals surface area contributed by atoms with E-state index in [2.05, 4.69) is 12.2 Å². The largest absolute Gasteiger partial charge is 0.496 e. The Morgan fingerprint density at radius 2 is 2.13 bits per heavy atom. The van der Waals surface area contributed by atoms with Crippen LogP contribution in [0.25, 0.3) is 0 Å². The number of carbonyl (C=O) groups excluding carboxylic acids is 1. The Labute approximate surface area is 142 Å². The second-order valence-electron chi connectivity index (χ2n) is 6.00. The lowest BCUT2D eigenvalue weighted by atomic mass is 9.88. The van der Waals surface area contributed by atoms with Gasteiger partial charge < -0.3 is 20.5 Å². The fraction of sp³-hybridized carbons (Fsp3) is 0.588. The van der Waals surface area contributed by atoms with Crippen LogP contribution < -0.4 is 15.8 Å². The average Bonchev–Trinajstić information content (AvgIpc) is 2.55. The van der Waals surface area contributed by atoms with Gasteiger partial charge in [-0.3, -0.25) is 4.79 Å². The summed E-state index contributed by atoms with van der Waals surface area (Å²) >= 11 is 5.98. The zero-order valence-corrected chi connectivity index (χ0v) is 14.5. The SMILES string of the molecule is COc1cc(N)c(Cl)cc1C(=O)NCCOC1CCCCC1C. The van der Waals surface area contributed by atoms with E-state index >= 15 is 0 Å². The second kappa shape index (κ2) is 8.41. The smallest absolute Gasteiger partial charge is 0.255 e. The van der Waals surface area contributed by atoms with Gasteiger partial charge in [-0.25, -0.2) is 0 Å². The van der Waals surface area contributed by atoms with E-state index < -0.39 is 0 Å². The molecule has 6 heteroatoms. The summed E-state index contributed by atoms with van der Waals surface area (Å²) in [4.78, 5) is 12.3. The molecule has 0 spiro atoms. The van der Waals surface area contributed by atoms with Gasteiger partial charge >= 0.3 is 0 Å². The van der Waals surface area contributed by atoms with Gasteiger partial charge in [-0.1, -0.05) is 31.4 Å². The van der Waals surface area contributed by atoms with Crippen molar-refractivity contribution in [3.63, 3.8) is 0 Å². The summed E-state index contributed by atoms with van der Waals surface area (Å²) in [5.74, 6) is 0.755. The Balaban J connectivity index is 1.84. The van der Waals surface area contributed by atoms with Gasteiger partial charge in [0.25, 0.3) is 5.91 Å². The number of halogens is 1. The van der Waals surface area contributed by atoms with Gasteiger partial charge in [0.2, 0.25) is 0 Å². The summed E-state index contributed by atoms with van der Waals surface area (Å²) in [7, 11) is 1.49. The van der Waals surface area contributed by atoms with Crippen LogP contribution in [0.4, 0.5) is 5.69 Å². The van der Waals surface area contributed by atoms with E-state index in [-0.39, 0.29) is 5.91 Å². The monoisotopic (exact) mass is 340 g/mol. The number of anilines is 1. The summed E-state index contributed by atoms with van der Waals surface area (Å²) in [6, 6.07) is 3.08. The lowest BCUT2D eigenvalue weighted by Gasteiger charge is -2.28. The van der Waals surface area contributed by atoms with E-state index in [1.54, 1.807) is 6.07 Å². The molecule has 2 atom stereocenters. The molecule has 1 aliphatic rings. The van der Waals surface area contributed by atoms with Gasteiger partial charge in [-0.15, -0.1) is 0 Å². The van der Waals surface area contributed by atoms with E-state index in [4.69, 9.17) is 26.8 Å². The molecule has 1 aromatic carbocycles. The molecule has 1 amide bonds. The first-order valence-electron chi connectivity index (χ1n) is 8.05. The molecule has 23 heavy (non-hydrogen) atoms. The zero-order chi connectivity index (χ0) is 16.8. The van der Waals surface area contributed by atoms with Gasteiger partial charge in [0, 0.05) is 12.6 Å². The van der Waals surface area contributed by atoms with Crippen molar-refractivity contribution in [3.8, 4) is 5.75 Å². The molecule has 1 saturated carbocycles. The molecule has 3 N–H and O–H groups in total. The van der Waals surface area contributed by atoms with Gasteiger partial charge in [-0.2, -0.15) is 0 Å². The van der Waals surface area contributed by atoms with Gasteiger partial charge in [0.15, 0.2) is 0 Å². The molecule has 0 aromatic heterocycles. The predicted octanol–water partition coefficient (Wildman–Crippen LogP) is 3.26. The van der Waals surface area contributed by atoms with E-state index in [1.807, 2.05) is 0 Å². The van der Waals surface area contributed by atoms with Crippen LogP contribution >= 0.6 is 11.6 Å². The number of nitrogens with two attached hydrogens (primary N) is 1. The van der Waals surface area contributed by atoms with Gasteiger partial charge in [0.1, 0.15) is 5.75 Å². The fourth-order valence-electron chi connectivity index (χ4n) is 2.92. The molecule has 0 radical (unpaired) electrons. The van der Waals surface area contributed by atoms with Crippen LogP contribution in [0, 0.1) is 5.92 Å². The first kappa shape index (κ1) is 17.9. The summed E-state index contributed by atoms with van der Waals surface area (Å²) in [5.41, 5.74) is 6.48. The van der Waals surface area contributed by atoms with Crippen molar-refractivity contribution in [3.05, 3.63) is 22.7 Å². The van der Waals surface area contributed by atoms with Crippen molar-refractivity contribution in [1.82, 2.24) is 5.32 Å². The van der Waals surface area contributed by atoms with Crippen molar-refractivity contribution in [2.45, 2.75) is 38.7 Å². The Morgan fingerprint density at radius 1 is 1.39 bits per heavy atom. The third-order valence-electron chi connectivity index (χ3n) is 4.32. The van der Waals surface area contributed by atoms with Crippen molar-refractivity contribution in [1.29, 1.82) is 0 Å². The van der Waals surface area contributed by atoms with E-state index in [0.717, 1.165) is 6.42 Å². The van der Waals surface area contributed by atoms with Crippen LogP contribution in [0.15, 0.2) is 12.1 Å². The highest BCUT2D eigenvalue weighted by molar-refractivity contribution is 6.33. The van der Waals surface area contributed by atoms with E-state index in [0.29, 0.717) is 47.2 Å². The summed E-state index contributed by atoms with van der Waals surface area (Å²) in [5, 5.41) is 3.17. The van der Waals surface area contributed by atoms with E-state index in [1.165, 1.54) is 32.4 Å². The maximum atomic E-state index is 12.3. The number of benzene rings is 1. The van der Waals surface area contributed by atoms with Crippen LogP contribution in [0.1, 0.15) is 43.0 Å². The average molecular weight is 341 g/mol. The Morgan fingerprint density at radius 3 is 2.83 bits per heavy atom. The number of hydrogen-bond donors (Lipinski definition) is 2. The minimum Gasteiger partial charge on any atom is -0.496 e. The molecule has 0 aliphatic heterocycles. The number of hydrogen-bond acceptors (Lipinski definition) is 4. The lowest BCUT2D eigenvalue weighted by Crippen LogP contribution is -2.32. The second-order valence-corrected chi connectivity index (χ2v) is 6.41. The summed E-state index contributed by atoms with van der Waals surface area (Å²) in [6.45, 7) is 3.18. The highest BCUT2D eigenvalue weighted by atomic mass is 35.5. The maximum Gasteiger partial charge on any atom is 0.255 e. The van der Waals surface area contributed by atoms with Gasteiger partial charge in [-0.05, 0) is 24.8 Å². The third-order valence-corrected chi connectivity index (χ3v) is 4.64. The molecule has 1 aromatic rings. The number of nitrogen functional groups attached to an aromatic ring is 1. The van der Waals surface area contributed by atoms with Crippen molar-refractivity contribution in [2.24, 2.45) is 5.92 Å². The quantitative estimate of drug-likeness (QED) is 0.615. The van der Waals surface area contributed by atoms with Crippen molar-refractivity contribution >= 4 is 23.2 Å². The zero-order valence-electron chi connectivity index (χ0n) is 13.7. The number of carbonyl (C=O) groups is 1. The number of amides is 1. The molecule has 0 bridgehead atoms. The normalized spacial score (nSPS) is 21.0. The molecule has 2 unspecified atom stereocenters. The molecule has 1 fully saturated rings. The number of ether oxygens (including phenoxy) is 2. The Bertz CT molecular complexity index is 551. The molecular formula is C17H25ClN2O3. The van der Waals surface area contributed by atoms with Crippen LogP contribution in [0.2, 0.25) is 5.02 Å². The molecule has 0 saturated heterocycles. The van der Waals surface area contributed by atoms with Crippen LogP contribution in [-0.2, 0) is 4.74 Å². The molecule has 5 nitrogen and oxygen atoms in total. The number of nitrogens with one attached hydrogen (secondary N) is 1. The fourth-order valence-corrected chi connectivity index (χ4v) is 3.08. The van der Waals surface area contributed by atoms with Crippen LogP contribution in [0.3, 0.4) is 0 Å². The minimum atomic E-state index is -0.246. The van der Waals surface area contributed by atoms with Crippen LogP contribution in [0.5, 0.6) is 5.75 Å². The number of methoxy groups -OCH3 is 1. The maximum absolute atomic E-state index is 12.3. The van der Waals surface area contributed by atoms with Crippen LogP contribution in [-0.4, -0.2) is 32.3 Å². The third kappa shape index (κ3) is 4.75. The molecule has 1 aliphatic carbocycles. The predicted molar refractivity (Wildman–Crippen MR) is 92.1 cm³/mol. The van der Waals surface area contributed by atoms with Crippen molar-refractivity contribution < 1.29 is 14.3 Å². The number of rotatable bonds is 6. The molecule has 0 heterocycles. The Kier molecular flexibility index (Phi) is 6.54. The topological polar surface area (TPSA) is 73.6 Å². The highest BCUT2D eigenvalue weighted by Gasteiger charge is 2.21. The highest BCUT2D eigenvalue weighted by Crippen LogP contribution is 2.29. The first-order valence-corrected chi connectivity index (χ1v) is 8.43. The minimum absolute atomic E-state index is 0.246. The van der Waals surface area contributed by atoms with Crippen molar-refractivity contribution in [2.75, 3.05) is 26.0 Å². The summed E-state index contributed by atoms with van der Waals surface area (Å²) < 4.78 is 11.1. The van der Waals surface area contributed by atoms with E-state index in [9.17, 15) is 4.79 Å². The molecular weight excluding hydrogens is 316 g/mol.